The Morgan fingerprint density at radius 1 is 1.04 bits per heavy atom. The number of hydrogen-bond donors (Lipinski definition) is 1. The molecule has 0 bridgehead atoms. The monoisotopic (exact) mass is 352 g/mol. The van der Waals surface area contributed by atoms with Crippen molar-refractivity contribution in [2.45, 2.75) is 13.8 Å². The number of nitrogens with zero attached hydrogens (tertiary/aromatic N) is 1. The van der Waals surface area contributed by atoms with Crippen molar-refractivity contribution in [2.75, 3.05) is 25.2 Å². The Morgan fingerprint density at radius 3 is 2.46 bits per heavy atom. The first-order valence-electron chi connectivity index (χ1n) is 8.31. The fourth-order valence-corrected chi connectivity index (χ4v) is 3.03. The van der Waals surface area contributed by atoms with Gasteiger partial charge in [0.1, 0.15) is 0 Å². The third-order valence-electron chi connectivity index (χ3n) is 4.33. The molecule has 0 aliphatic carbocycles. The molecule has 0 unspecified atom stereocenters. The molecule has 26 heavy (non-hydrogen) atoms. The molecule has 0 saturated heterocycles. The summed E-state index contributed by atoms with van der Waals surface area (Å²) in [5.41, 5.74) is 3.35. The predicted molar refractivity (Wildman–Crippen MR) is 97.7 cm³/mol. The second-order valence-corrected chi connectivity index (χ2v) is 6.24. The largest absolute Gasteiger partial charge is 0.383 e. The van der Waals surface area contributed by atoms with Gasteiger partial charge >= 0.3 is 0 Å². The van der Waals surface area contributed by atoms with Gasteiger partial charge in [-0.1, -0.05) is 17.7 Å². The van der Waals surface area contributed by atoms with E-state index in [9.17, 15) is 14.4 Å². The number of anilines is 1. The molecular weight excluding hydrogens is 332 g/mol. The number of methoxy groups -OCH3 is 1. The maximum absolute atomic E-state index is 12.8. The number of benzene rings is 2. The molecule has 0 saturated carbocycles. The lowest BCUT2D eigenvalue weighted by molar-refractivity contribution is 0.0921. The van der Waals surface area contributed by atoms with Crippen LogP contribution in [0.25, 0.3) is 0 Å². The van der Waals surface area contributed by atoms with Crippen LogP contribution in [-0.2, 0) is 4.74 Å². The summed E-state index contributed by atoms with van der Waals surface area (Å²) in [5.74, 6) is -1.10. The SMILES string of the molecule is COCCNC(=O)c1ccc2c(c1)C(=O)N(c1ccc(C)cc1C)C2=O. The fraction of sp³-hybridized carbons (Fsp3) is 0.250. The number of nitrogens with one attached hydrogen (secondary N) is 1. The van der Waals surface area contributed by atoms with Gasteiger partial charge in [-0.25, -0.2) is 4.90 Å². The fourth-order valence-electron chi connectivity index (χ4n) is 3.03. The zero-order chi connectivity index (χ0) is 18.8. The summed E-state index contributed by atoms with van der Waals surface area (Å²) < 4.78 is 4.90. The number of fused-ring (bicyclic) bond motifs is 1. The summed E-state index contributed by atoms with van der Waals surface area (Å²) in [5, 5.41) is 2.70. The van der Waals surface area contributed by atoms with Gasteiger partial charge in [-0.05, 0) is 43.7 Å². The highest BCUT2D eigenvalue weighted by atomic mass is 16.5. The van der Waals surface area contributed by atoms with E-state index in [4.69, 9.17) is 4.74 Å². The molecule has 0 fully saturated rings. The smallest absolute Gasteiger partial charge is 0.266 e. The van der Waals surface area contributed by atoms with Crippen LogP contribution in [0.4, 0.5) is 5.69 Å². The van der Waals surface area contributed by atoms with E-state index < -0.39 is 5.91 Å². The van der Waals surface area contributed by atoms with Crippen LogP contribution in [-0.4, -0.2) is 38.0 Å². The maximum Gasteiger partial charge on any atom is 0.266 e. The summed E-state index contributed by atoms with van der Waals surface area (Å²) in [4.78, 5) is 38.9. The van der Waals surface area contributed by atoms with Crippen molar-refractivity contribution in [1.29, 1.82) is 0 Å². The second-order valence-electron chi connectivity index (χ2n) is 6.24. The molecule has 1 aliphatic heterocycles. The van der Waals surface area contributed by atoms with Crippen molar-refractivity contribution in [2.24, 2.45) is 0 Å². The molecule has 3 amide bonds. The molecular formula is C20H20N2O4. The Balaban J connectivity index is 1.91. The minimum absolute atomic E-state index is 0.245. The molecule has 1 heterocycles. The summed E-state index contributed by atoms with van der Waals surface area (Å²) >= 11 is 0. The van der Waals surface area contributed by atoms with Gasteiger partial charge in [0.05, 0.1) is 23.4 Å². The van der Waals surface area contributed by atoms with Gasteiger partial charge < -0.3 is 10.1 Å². The summed E-state index contributed by atoms with van der Waals surface area (Å²) in [6.07, 6.45) is 0. The van der Waals surface area contributed by atoms with Gasteiger partial charge in [0.15, 0.2) is 0 Å². The Labute approximate surface area is 151 Å². The number of imide groups is 1. The Hall–Kier alpha value is -2.99. The molecule has 0 spiro atoms. The van der Waals surface area contributed by atoms with E-state index >= 15 is 0 Å². The standard InChI is InChI=1S/C20H20N2O4/c1-12-4-7-17(13(2)10-12)22-19(24)15-6-5-14(11-16(15)20(22)25)18(23)21-8-9-26-3/h4-7,10-11H,8-9H2,1-3H3,(H,21,23). The van der Waals surface area contributed by atoms with Crippen LogP contribution in [0.2, 0.25) is 0 Å². The molecule has 2 aromatic carbocycles. The van der Waals surface area contributed by atoms with E-state index in [1.807, 2.05) is 26.0 Å². The van der Waals surface area contributed by atoms with E-state index in [1.54, 1.807) is 19.2 Å². The third-order valence-corrected chi connectivity index (χ3v) is 4.33. The third kappa shape index (κ3) is 3.11. The first kappa shape index (κ1) is 17.8. The normalized spacial score (nSPS) is 13.1. The average molecular weight is 352 g/mol. The van der Waals surface area contributed by atoms with Crippen molar-refractivity contribution in [3.63, 3.8) is 0 Å². The van der Waals surface area contributed by atoms with Crippen molar-refractivity contribution < 1.29 is 19.1 Å². The predicted octanol–water partition coefficient (Wildman–Crippen LogP) is 2.48. The van der Waals surface area contributed by atoms with Crippen LogP contribution in [0, 0.1) is 13.8 Å². The summed E-state index contributed by atoms with van der Waals surface area (Å²) in [6, 6.07) is 10.1. The number of carbonyl (C=O) groups is 3. The van der Waals surface area contributed by atoms with E-state index in [1.165, 1.54) is 17.0 Å². The lowest BCUT2D eigenvalue weighted by Gasteiger charge is -2.16. The van der Waals surface area contributed by atoms with E-state index in [-0.39, 0.29) is 17.4 Å². The molecule has 134 valence electrons. The number of hydrogen-bond acceptors (Lipinski definition) is 4. The van der Waals surface area contributed by atoms with Crippen molar-refractivity contribution >= 4 is 23.4 Å². The second kappa shape index (κ2) is 7.09. The first-order chi connectivity index (χ1) is 12.4. The minimum Gasteiger partial charge on any atom is -0.383 e. The molecule has 0 aromatic heterocycles. The van der Waals surface area contributed by atoms with Crippen molar-refractivity contribution in [1.82, 2.24) is 5.32 Å². The Kier molecular flexibility index (Phi) is 4.86. The lowest BCUT2D eigenvalue weighted by atomic mass is 10.1. The molecule has 3 rings (SSSR count). The molecule has 6 nitrogen and oxygen atoms in total. The summed E-state index contributed by atoms with van der Waals surface area (Å²) in [7, 11) is 1.55. The highest BCUT2D eigenvalue weighted by molar-refractivity contribution is 6.35. The van der Waals surface area contributed by atoms with Crippen LogP contribution < -0.4 is 10.2 Å². The Bertz CT molecular complexity index is 905. The number of carbonyl (C=O) groups excluding carboxylic acids is 3. The lowest BCUT2D eigenvalue weighted by Crippen LogP contribution is -2.30. The van der Waals surface area contributed by atoms with Gasteiger partial charge in [0.25, 0.3) is 17.7 Å². The number of aryl methyl sites for hydroxylation is 2. The van der Waals surface area contributed by atoms with Crippen molar-refractivity contribution in [3.05, 3.63) is 64.2 Å². The molecule has 6 heteroatoms. The molecule has 1 aliphatic rings. The van der Waals surface area contributed by atoms with E-state index in [2.05, 4.69) is 5.32 Å². The maximum atomic E-state index is 12.8. The van der Waals surface area contributed by atoms with E-state index in [0.29, 0.717) is 30.0 Å². The van der Waals surface area contributed by atoms with Gasteiger partial charge in [-0.15, -0.1) is 0 Å². The highest BCUT2D eigenvalue weighted by Crippen LogP contribution is 2.31. The molecule has 0 atom stereocenters. The molecule has 1 N–H and O–H groups in total. The van der Waals surface area contributed by atoms with Gasteiger partial charge in [-0.3, -0.25) is 14.4 Å². The van der Waals surface area contributed by atoms with Crippen LogP contribution in [0.15, 0.2) is 36.4 Å². The van der Waals surface area contributed by atoms with Crippen molar-refractivity contribution in [3.8, 4) is 0 Å². The van der Waals surface area contributed by atoms with Gasteiger partial charge in [0.2, 0.25) is 0 Å². The van der Waals surface area contributed by atoms with Crippen LogP contribution >= 0.6 is 0 Å². The van der Waals surface area contributed by atoms with Gasteiger partial charge in [-0.2, -0.15) is 0 Å². The van der Waals surface area contributed by atoms with Crippen LogP contribution in [0.1, 0.15) is 42.2 Å². The minimum atomic E-state index is -0.413. The molecule has 0 radical (unpaired) electrons. The van der Waals surface area contributed by atoms with Gasteiger partial charge in [0, 0.05) is 19.2 Å². The van der Waals surface area contributed by atoms with Crippen LogP contribution in [0.5, 0.6) is 0 Å². The quantitative estimate of drug-likeness (QED) is 0.663. The number of amides is 3. The zero-order valence-corrected chi connectivity index (χ0v) is 15.0. The topological polar surface area (TPSA) is 75.7 Å². The summed E-state index contributed by atoms with van der Waals surface area (Å²) in [6.45, 7) is 4.58. The first-order valence-corrected chi connectivity index (χ1v) is 8.31. The number of ether oxygens (including phenoxy) is 1. The Morgan fingerprint density at radius 2 is 1.77 bits per heavy atom. The molecule has 2 aromatic rings. The highest BCUT2D eigenvalue weighted by Gasteiger charge is 2.37. The van der Waals surface area contributed by atoms with E-state index in [0.717, 1.165) is 11.1 Å². The zero-order valence-electron chi connectivity index (χ0n) is 15.0. The number of rotatable bonds is 5. The average Bonchev–Trinajstić information content (AvgIpc) is 2.86. The van der Waals surface area contributed by atoms with Crippen LogP contribution in [0.3, 0.4) is 0 Å².